The molecule has 0 bridgehead atoms. The standard InChI is InChI=1S/C13H21N3O2S.C8H6N2O2/c14-9-10-1-7-13(8-2-10)19(17,18)16-12-5-3-11(15)4-6-12;11-8(12)6-1-2-7-9-3-4-10(7)5-6/h1-2,7-8,11-12,16H,3-6,9,14-15H2;1-5H,(H,11,12). The SMILES string of the molecule is NCc1ccc(S(=O)(=O)NC2CCC(N)CC2)cc1.O=C(O)c1ccc2nccn2c1. The van der Waals surface area contributed by atoms with Gasteiger partial charge in [0.05, 0.1) is 10.5 Å². The van der Waals surface area contributed by atoms with Crippen molar-refractivity contribution >= 4 is 21.6 Å². The Morgan fingerprint density at radius 1 is 1.13 bits per heavy atom. The van der Waals surface area contributed by atoms with E-state index in [1.165, 1.54) is 12.3 Å². The molecule has 1 aromatic carbocycles. The first-order valence-corrected chi connectivity index (χ1v) is 11.5. The maximum atomic E-state index is 12.2. The van der Waals surface area contributed by atoms with Crippen LogP contribution in [0.1, 0.15) is 41.6 Å². The van der Waals surface area contributed by atoms with Gasteiger partial charge < -0.3 is 21.0 Å². The first-order chi connectivity index (χ1) is 14.8. The van der Waals surface area contributed by atoms with Gasteiger partial charge in [-0.3, -0.25) is 0 Å². The largest absolute Gasteiger partial charge is 0.478 e. The molecule has 4 rings (SSSR count). The Hall–Kier alpha value is -2.79. The number of carbonyl (C=O) groups is 1. The summed E-state index contributed by atoms with van der Waals surface area (Å²) in [5.41, 5.74) is 13.2. The van der Waals surface area contributed by atoms with Gasteiger partial charge in [0.2, 0.25) is 10.0 Å². The molecule has 2 aromatic heterocycles. The van der Waals surface area contributed by atoms with Crippen molar-refractivity contribution in [3.05, 3.63) is 66.1 Å². The van der Waals surface area contributed by atoms with Crippen LogP contribution in [0.4, 0.5) is 0 Å². The number of carboxylic acids is 1. The van der Waals surface area contributed by atoms with E-state index in [4.69, 9.17) is 16.6 Å². The molecule has 1 aliphatic rings. The molecule has 0 amide bonds. The zero-order valence-electron chi connectivity index (χ0n) is 17.0. The third kappa shape index (κ3) is 6.11. The fraction of sp³-hybridized carbons (Fsp3) is 0.333. The van der Waals surface area contributed by atoms with E-state index >= 15 is 0 Å². The molecule has 6 N–H and O–H groups in total. The van der Waals surface area contributed by atoms with E-state index in [9.17, 15) is 13.2 Å². The zero-order chi connectivity index (χ0) is 22.4. The number of nitrogens with two attached hydrogens (primary N) is 2. The molecule has 9 nitrogen and oxygen atoms in total. The number of sulfonamides is 1. The van der Waals surface area contributed by atoms with Gasteiger partial charge in [0, 0.05) is 37.2 Å². The Morgan fingerprint density at radius 2 is 1.81 bits per heavy atom. The Balaban J connectivity index is 0.000000194. The molecule has 0 aliphatic heterocycles. The molecule has 2 heterocycles. The molecular formula is C21H27N5O4S. The molecule has 0 spiro atoms. The molecule has 1 fully saturated rings. The van der Waals surface area contributed by atoms with Crippen LogP contribution in [0.25, 0.3) is 5.65 Å². The first-order valence-electron chi connectivity index (χ1n) is 10.0. The fourth-order valence-corrected chi connectivity index (χ4v) is 4.68. The van der Waals surface area contributed by atoms with Crippen molar-refractivity contribution in [1.29, 1.82) is 0 Å². The van der Waals surface area contributed by atoms with Crippen LogP contribution >= 0.6 is 0 Å². The van der Waals surface area contributed by atoms with Gasteiger partial charge in [0.25, 0.3) is 0 Å². The van der Waals surface area contributed by atoms with Gasteiger partial charge >= 0.3 is 5.97 Å². The maximum absolute atomic E-state index is 12.2. The van der Waals surface area contributed by atoms with Crippen LogP contribution in [0.3, 0.4) is 0 Å². The summed E-state index contributed by atoms with van der Waals surface area (Å²) >= 11 is 0. The maximum Gasteiger partial charge on any atom is 0.337 e. The van der Waals surface area contributed by atoms with E-state index < -0.39 is 16.0 Å². The van der Waals surface area contributed by atoms with Gasteiger partial charge in [0.15, 0.2) is 0 Å². The fourth-order valence-electron chi connectivity index (χ4n) is 3.38. The van der Waals surface area contributed by atoms with Crippen molar-refractivity contribution in [1.82, 2.24) is 14.1 Å². The van der Waals surface area contributed by atoms with Crippen LogP contribution in [-0.4, -0.2) is 41.0 Å². The molecule has 0 atom stereocenters. The van der Waals surface area contributed by atoms with Crippen LogP contribution in [0.15, 0.2) is 59.9 Å². The number of nitrogens with zero attached hydrogens (tertiary/aromatic N) is 2. The smallest absolute Gasteiger partial charge is 0.337 e. The van der Waals surface area contributed by atoms with E-state index in [0.29, 0.717) is 11.4 Å². The highest BCUT2D eigenvalue weighted by Gasteiger charge is 2.24. The highest BCUT2D eigenvalue weighted by atomic mass is 32.2. The number of benzene rings is 1. The van der Waals surface area contributed by atoms with Gasteiger partial charge in [0.1, 0.15) is 5.65 Å². The molecular weight excluding hydrogens is 418 g/mol. The summed E-state index contributed by atoms with van der Waals surface area (Å²) in [6.45, 7) is 0.411. The second-order valence-corrected chi connectivity index (χ2v) is 9.21. The number of carboxylic acid groups (broad SMARTS) is 1. The molecule has 0 saturated heterocycles. The Morgan fingerprint density at radius 3 is 2.42 bits per heavy atom. The van der Waals surface area contributed by atoms with E-state index in [0.717, 1.165) is 36.9 Å². The molecule has 0 radical (unpaired) electrons. The minimum absolute atomic E-state index is 0.000940. The number of imidazole rings is 1. The summed E-state index contributed by atoms with van der Waals surface area (Å²) in [7, 11) is -3.43. The van der Waals surface area contributed by atoms with Gasteiger partial charge in [-0.15, -0.1) is 0 Å². The van der Waals surface area contributed by atoms with Crippen molar-refractivity contribution in [3.8, 4) is 0 Å². The minimum Gasteiger partial charge on any atom is -0.478 e. The molecule has 166 valence electrons. The molecule has 1 aliphatic carbocycles. The summed E-state index contributed by atoms with van der Waals surface area (Å²) in [5.74, 6) is -0.925. The summed E-state index contributed by atoms with van der Waals surface area (Å²) < 4.78 is 28.8. The average Bonchev–Trinajstić information content (AvgIpc) is 3.23. The summed E-state index contributed by atoms with van der Waals surface area (Å²) in [4.78, 5) is 14.8. The van der Waals surface area contributed by atoms with Crippen molar-refractivity contribution in [2.24, 2.45) is 11.5 Å². The van der Waals surface area contributed by atoms with Crippen LogP contribution in [0.2, 0.25) is 0 Å². The minimum atomic E-state index is -3.43. The molecule has 31 heavy (non-hydrogen) atoms. The van der Waals surface area contributed by atoms with Crippen molar-refractivity contribution in [2.75, 3.05) is 0 Å². The number of aromatic carboxylic acids is 1. The van der Waals surface area contributed by atoms with Crippen LogP contribution < -0.4 is 16.2 Å². The first kappa shape index (κ1) is 22.9. The lowest BCUT2D eigenvalue weighted by atomic mass is 9.93. The highest BCUT2D eigenvalue weighted by Crippen LogP contribution is 2.19. The van der Waals surface area contributed by atoms with Gasteiger partial charge in [-0.1, -0.05) is 12.1 Å². The quantitative estimate of drug-likeness (QED) is 0.466. The number of fused-ring (bicyclic) bond motifs is 1. The summed E-state index contributed by atoms with van der Waals surface area (Å²) in [6.07, 6.45) is 8.23. The number of hydrogen-bond donors (Lipinski definition) is 4. The summed E-state index contributed by atoms with van der Waals surface area (Å²) in [5, 5.41) is 8.65. The third-order valence-corrected chi connectivity index (χ3v) is 6.74. The lowest BCUT2D eigenvalue weighted by Crippen LogP contribution is -2.40. The van der Waals surface area contributed by atoms with Crippen molar-refractivity contribution < 1.29 is 18.3 Å². The number of nitrogens with one attached hydrogen (secondary N) is 1. The van der Waals surface area contributed by atoms with Gasteiger partial charge in [-0.05, 0) is 55.5 Å². The predicted molar refractivity (Wildman–Crippen MR) is 117 cm³/mol. The van der Waals surface area contributed by atoms with Crippen LogP contribution in [0, 0.1) is 0 Å². The highest BCUT2D eigenvalue weighted by molar-refractivity contribution is 7.89. The van der Waals surface area contributed by atoms with Crippen LogP contribution in [0.5, 0.6) is 0 Å². The van der Waals surface area contributed by atoms with E-state index in [1.54, 1.807) is 47.1 Å². The third-order valence-electron chi connectivity index (χ3n) is 5.20. The van der Waals surface area contributed by atoms with Crippen molar-refractivity contribution in [2.45, 2.75) is 49.2 Å². The Bertz CT molecular complexity index is 1120. The topological polar surface area (TPSA) is 153 Å². The molecule has 3 aromatic rings. The number of pyridine rings is 1. The number of aromatic nitrogens is 2. The van der Waals surface area contributed by atoms with E-state index in [2.05, 4.69) is 9.71 Å². The molecule has 10 heteroatoms. The lowest BCUT2D eigenvalue weighted by molar-refractivity contribution is 0.0696. The monoisotopic (exact) mass is 445 g/mol. The van der Waals surface area contributed by atoms with Crippen molar-refractivity contribution in [3.63, 3.8) is 0 Å². The van der Waals surface area contributed by atoms with E-state index in [1.807, 2.05) is 0 Å². The van der Waals surface area contributed by atoms with Gasteiger partial charge in [-0.25, -0.2) is 22.9 Å². The van der Waals surface area contributed by atoms with Gasteiger partial charge in [-0.2, -0.15) is 0 Å². The number of rotatable bonds is 5. The predicted octanol–water partition coefficient (Wildman–Crippen LogP) is 1.73. The second kappa shape index (κ2) is 10.0. The zero-order valence-corrected chi connectivity index (χ0v) is 17.8. The Kier molecular flexibility index (Phi) is 7.39. The summed E-state index contributed by atoms with van der Waals surface area (Å²) in [6, 6.07) is 10.1. The molecule has 1 saturated carbocycles. The van der Waals surface area contributed by atoms with Crippen LogP contribution in [-0.2, 0) is 16.6 Å². The number of hydrogen-bond acceptors (Lipinski definition) is 6. The normalized spacial score (nSPS) is 18.9. The lowest BCUT2D eigenvalue weighted by Gasteiger charge is -2.26. The Labute approximate surface area is 181 Å². The average molecular weight is 446 g/mol. The second-order valence-electron chi connectivity index (χ2n) is 7.50. The molecule has 0 unspecified atom stereocenters. The van der Waals surface area contributed by atoms with E-state index in [-0.39, 0.29) is 17.6 Å².